The average Bonchev–Trinajstić information content (AvgIpc) is 3.09. The standard InChI is InChI=1S/C19H19F3N4O4S/c1-26(12-17-24-15-4-2-3-5-16(15)25-17)18(27)10-11-23-31(28,29)14-8-6-13(7-9-14)30-19(20,21)22/h2-9,23H,10-12H2,1H3,(H,24,25). The molecule has 1 heterocycles. The highest BCUT2D eigenvalue weighted by Crippen LogP contribution is 2.23. The van der Waals surface area contributed by atoms with Crippen LogP contribution in [0.15, 0.2) is 53.4 Å². The maximum atomic E-state index is 12.3. The van der Waals surface area contributed by atoms with Gasteiger partial charge in [-0.1, -0.05) is 12.1 Å². The number of benzene rings is 2. The van der Waals surface area contributed by atoms with Crippen molar-refractivity contribution >= 4 is 27.0 Å². The minimum atomic E-state index is -4.87. The number of rotatable bonds is 8. The number of carbonyl (C=O) groups excluding carboxylic acids is 1. The van der Waals surface area contributed by atoms with E-state index in [-0.39, 0.29) is 30.3 Å². The Balaban J connectivity index is 1.51. The van der Waals surface area contributed by atoms with E-state index in [2.05, 4.69) is 19.4 Å². The summed E-state index contributed by atoms with van der Waals surface area (Å²) in [5, 5.41) is 0. The third-order valence-electron chi connectivity index (χ3n) is 4.25. The van der Waals surface area contributed by atoms with Crippen LogP contribution in [-0.2, 0) is 21.4 Å². The number of hydrogen-bond donors (Lipinski definition) is 2. The molecule has 1 amide bonds. The van der Waals surface area contributed by atoms with Crippen LogP contribution >= 0.6 is 0 Å². The van der Waals surface area contributed by atoms with Gasteiger partial charge in [0.05, 0.1) is 22.5 Å². The number of halogens is 3. The number of amides is 1. The lowest BCUT2D eigenvalue weighted by molar-refractivity contribution is -0.274. The van der Waals surface area contributed by atoms with Gasteiger partial charge in [-0.15, -0.1) is 13.2 Å². The number of aromatic nitrogens is 2. The van der Waals surface area contributed by atoms with E-state index in [0.29, 0.717) is 5.82 Å². The van der Waals surface area contributed by atoms with Gasteiger partial charge < -0.3 is 14.6 Å². The van der Waals surface area contributed by atoms with E-state index in [4.69, 9.17) is 0 Å². The van der Waals surface area contributed by atoms with Crippen LogP contribution in [0.2, 0.25) is 0 Å². The maximum Gasteiger partial charge on any atom is 0.573 e. The molecule has 0 spiro atoms. The second-order valence-electron chi connectivity index (χ2n) is 6.62. The zero-order valence-corrected chi connectivity index (χ0v) is 17.1. The number of aromatic amines is 1. The van der Waals surface area contributed by atoms with Crippen molar-refractivity contribution in [3.8, 4) is 5.75 Å². The zero-order valence-electron chi connectivity index (χ0n) is 16.3. The summed E-state index contributed by atoms with van der Waals surface area (Å²) in [5.74, 6) is -0.246. The number of carbonyl (C=O) groups is 1. The van der Waals surface area contributed by atoms with E-state index in [1.165, 1.54) is 4.90 Å². The summed E-state index contributed by atoms with van der Waals surface area (Å²) < 4.78 is 67.0. The number of para-hydroxylation sites is 2. The second-order valence-corrected chi connectivity index (χ2v) is 8.38. The molecule has 2 aromatic carbocycles. The average molecular weight is 456 g/mol. The van der Waals surface area contributed by atoms with E-state index in [1.54, 1.807) is 7.05 Å². The molecule has 166 valence electrons. The van der Waals surface area contributed by atoms with Gasteiger partial charge in [0.2, 0.25) is 15.9 Å². The van der Waals surface area contributed by atoms with Crippen molar-refractivity contribution in [3.63, 3.8) is 0 Å². The smallest absolute Gasteiger partial charge is 0.406 e. The number of sulfonamides is 1. The minimum absolute atomic E-state index is 0.106. The molecule has 2 N–H and O–H groups in total. The fraction of sp³-hybridized carbons (Fsp3) is 0.263. The van der Waals surface area contributed by atoms with Gasteiger partial charge in [-0.05, 0) is 36.4 Å². The van der Waals surface area contributed by atoms with Gasteiger partial charge in [-0.2, -0.15) is 0 Å². The molecule has 0 fully saturated rings. The molecule has 0 aliphatic heterocycles. The monoisotopic (exact) mass is 456 g/mol. The summed E-state index contributed by atoms with van der Waals surface area (Å²) in [6.07, 6.45) is -4.97. The van der Waals surface area contributed by atoms with Crippen molar-refractivity contribution in [2.75, 3.05) is 13.6 Å². The number of H-pyrrole nitrogens is 1. The molecular formula is C19H19F3N4O4S. The summed E-state index contributed by atoms with van der Waals surface area (Å²) in [6, 6.07) is 11.2. The molecule has 3 aromatic rings. The molecule has 31 heavy (non-hydrogen) atoms. The van der Waals surface area contributed by atoms with Crippen LogP contribution < -0.4 is 9.46 Å². The van der Waals surface area contributed by atoms with Crippen molar-refractivity contribution in [2.24, 2.45) is 0 Å². The third kappa shape index (κ3) is 6.18. The molecule has 12 heteroatoms. The normalized spacial score (nSPS) is 12.1. The van der Waals surface area contributed by atoms with Crippen LogP contribution in [-0.4, -0.2) is 49.1 Å². The number of imidazole rings is 1. The van der Waals surface area contributed by atoms with Crippen LogP contribution in [0.4, 0.5) is 13.2 Å². The first-order chi connectivity index (χ1) is 14.5. The predicted octanol–water partition coefficient (Wildman–Crippen LogP) is 2.79. The highest BCUT2D eigenvalue weighted by molar-refractivity contribution is 7.89. The van der Waals surface area contributed by atoms with Crippen molar-refractivity contribution in [1.82, 2.24) is 19.6 Å². The van der Waals surface area contributed by atoms with Gasteiger partial charge >= 0.3 is 6.36 Å². The lowest BCUT2D eigenvalue weighted by Crippen LogP contribution is -2.32. The van der Waals surface area contributed by atoms with E-state index in [9.17, 15) is 26.4 Å². The number of fused-ring (bicyclic) bond motifs is 1. The lowest BCUT2D eigenvalue weighted by atomic mass is 10.3. The van der Waals surface area contributed by atoms with E-state index in [0.717, 1.165) is 35.3 Å². The molecular weight excluding hydrogens is 437 g/mol. The largest absolute Gasteiger partial charge is 0.573 e. The Bertz CT molecular complexity index is 1130. The van der Waals surface area contributed by atoms with Gasteiger partial charge in [0.15, 0.2) is 0 Å². The Morgan fingerprint density at radius 1 is 1.16 bits per heavy atom. The molecule has 0 atom stereocenters. The maximum absolute atomic E-state index is 12.3. The summed E-state index contributed by atoms with van der Waals surface area (Å²) in [4.78, 5) is 20.9. The molecule has 0 bridgehead atoms. The first-order valence-corrected chi connectivity index (χ1v) is 10.5. The number of alkyl halides is 3. The molecule has 0 saturated heterocycles. The van der Waals surface area contributed by atoms with E-state index >= 15 is 0 Å². The van der Waals surface area contributed by atoms with E-state index in [1.807, 2.05) is 24.3 Å². The van der Waals surface area contributed by atoms with Crippen molar-refractivity contribution in [2.45, 2.75) is 24.2 Å². The zero-order chi connectivity index (χ0) is 22.6. The van der Waals surface area contributed by atoms with Crippen LogP contribution in [0.5, 0.6) is 5.75 Å². The van der Waals surface area contributed by atoms with Crippen molar-refractivity contribution in [1.29, 1.82) is 0 Å². The number of hydrogen-bond acceptors (Lipinski definition) is 5. The number of ether oxygens (including phenoxy) is 1. The number of nitrogens with one attached hydrogen (secondary N) is 2. The fourth-order valence-corrected chi connectivity index (χ4v) is 3.81. The van der Waals surface area contributed by atoms with Gasteiger partial charge in [-0.3, -0.25) is 4.79 Å². The van der Waals surface area contributed by atoms with Crippen molar-refractivity contribution < 1.29 is 31.1 Å². The van der Waals surface area contributed by atoms with Crippen molar-refractivity contribution in [3.05, 3.63) is 54.4 Å². The molecule has 0 aliphatic rings. The second kappa shape index (κ2) is 8.94. The summed E-state index contributed by atoms with van der Waals surface area (Å²) in [5.41, 5.74) is 1.62. The highest BCUT2D eigenvalue weighted by Gasteiger charge is 2.31. The summed E-state index contributed by atoms with van der Waals surface area (Å²) in [7, 11) is -2.42. The number of nitrogens with zero attached hydrogens (tertiary/aromatic N) is 2. The Labute approximate surface area is 176 Å². The first kappa shape index (κ1) is 22.6. The Morgan fingerprint density at radius 2 is 1.84 bits per heavy atom. The van der Waals surface area contributed by atoms with Crippen LogP contribution in [0.1, 0.15) is 12.2 Å². The molecule has 0 saturated carbocycles. The van der Waals surface area contributed by atoms with Gasteiger partial charge in [0, 0.05) is 20.0 Å². The van der Waals surface area contributed by atoms with E-state index < -0.39 is 22.1 Å². The molecule has 1 aromatic heterocycles. The lowest BCUT2D eigenvalue weighted by Gasteiger charge is -2.16. The molecule has 0 radical (unpaired) electrons. The van der Waals surface area contributed by atoms with Crippen LogP contribution in [0.25, 0.3) is 11.0 Å². The Hall–Kier alpha value is -3.12. The Kier molecular flexibility index (Phi) is 6.51. The van der Waals surface area contributed by atoms with Gasteiger partial charge in [0.25, 0.3) is 0 Å². The SMILES string of the molecule is CN(Cc1nc2ccccc2[nH]1)C(=O)CCNS(=O)(=O)c1ccc(OC(F)(F)F)cc1. The molecule has 0 unspecified atom stereocenters. The molecule has 8 nitrogen and oxygen atoms in total. The Morgan fingerprint density at radius 3 is 2.48 bits per heavy atom. The summed E-state index contributed by atoms with van der Waals surface area (Å²) in [6.45, 7) is 0.0490. The molecule has 0 aliphatic carbocycles. The van der Waals surface area contributed by atoms with Crippen LogP contribution in [0.3, 0.4) is 0 Å². The summed E-state index contributed by atoms with van der Waals surface area (Å²) >= 11 is 0. The minimum Gasteiger partial charge on any atom is -0.406 e. The fourth-order valence-electron chi connectivity index (χ4n) is 2.78. The quantitative estimate of drug-likeness (QED) is 0.543. The molecule has 3 rings (SSSR count). The van der Waals surface area contributed by atoms with Gasteiger partial charge in [-0.25, -0.2) is 18.1 Å². The predicted molar refractivity (Wildman–Crippen MR) is 105 cm³/mol. The first-order valence-electron chi connectivity index (χ1n) is 9.06. The van der Waals surface area contributed by atoms with Gasteiger partial charge in [0.1, 0.15) is 11.6 Å². The third-order valence-corrected chi connectivity index (χ3v) is 5.73. The van der Waals surface area contributed by atoms with Crippen LogP contribution in [0, 0.1) is 0 Å². The topological polar surface area (TPSA) is 104 Å². The highest BCUT2D eigenvalue weighted by atomic mass is 32.2.